The number of benzene rings is 3. The van der Waals surface area contributed by atoms with Gasteiger partial charge < -0.3 is 4.74 Å². The molecule has 0 aliphatic heterocycles. The predicted octanol–water partition coefficient (Wildman–Crippen LogP) is 6.09. The molecule has 29 heavy (non-hydrogen) atoms. The van der Waals surface area contributed by atoms with Crippen LogP contribution in [0.2, 0.25) is 0 Å². The highest BCUT2D eigenvalue weighted by Crippen LogP contribution is 2.67. The van der Waals surface area contributed by atoms with Crippen molar-refractivity contribution < 1.29 is 22.7 Å². The minimum atomic E-state index is -4.39. The summed E-state index contributed by atoms with van der Waals surface area (Å²) >= 11 is 0. The quantitative estimate of drug-likeness (QED) is 0.497. The SMILES string of the molecule is CCOC(=O)C1(c2cccc3ccccc23)C(C)C1c1ccc(C(F)(F)F)cc1. The maximum absolute atomic E-state index is 13.2. The molecule has 3 aromatic carbocycles. The number of fused-ring (bicyclic) bond motifs is 1. The second kappa shape index (κ2) is 6.90. The lowest BCUT2D eigenvalue weighted by atomic mass is 9.86. The summed E-state index contributed by atoms with van der Waals surface area (Å²) in [4.78, 5) is 13.2. The van der Waals surface area contributed by atoms with Gasteiger partial charge in [0.2, 0.25) is 0 Å². The molecule has 2 nitrogen and oxygen atoms in total. The molecule has 3 atom stereocenters. The van der Waals surface area contributed by atoms with Gasteiger partial charge in [0.05, 0.1) is 12.2 Å². The number of rotatable bonds is 4. The van der Waals surface area contributed by atoms with E-state index in [9.17, 15) is 18.0 Å². The summed E-state index contributed by atoms with van der Waals surface area (Å²) in [6.45, 7) is 3.97. The Hall–Kier alpha value is -2.82. The number of hydrogen-bond donors (Lipinski definition) is 0. The Labute approximate surface area is 167 Å². The van der Waals surface area contributed by atoms with Crippen LogP contribution in [0.25, 0.3) is 10.8 Å². The smallest absolute Gasteiger partial charge is 0.416 e. The van der Waals surface area contributed by atoms with Crippen LogP contribution in [0.4, 0.5) is 13.2 Å². The van der Waals surface area contributed by atoms with Gasteiger partial charge in [-0.3, -0.25) is 4.79 Å². The van der Waals surface area contributed by atoms with Crippen LogP contribution in [0.1, 0.15) is 36.5 Å². The molecule has 0 aromatic heterocycles. The molecule has 1 saturated carbocycles. The molecular formula is C24H21F3O2. The highest BCUT2D eigenvalue weighted by molar-refractivity contribution is 5.98. The minimum absolute atomic E-state index is 0.0934. The zero-order chi connectivity index (χ0) is 20.8. The van der Waals surface area contributed by atoms with Crippen molar-refractivity contribution in [3.05, 3.63) is 83.4 Å². The van der Waals surface area contributed by atoms with Crippen molar-refractivity contribution in [3.8, 4) is 0 Å². The van der Waals surface area contributed by atoms with Crippen molar-refractivity contribution in [2.24, 2.45) is 5.92 Å². The first-order valence-electron chi connectivity index (χ1n) is 9.64. The lowest BCUT2D eigenvalue weighted by Gasteiger charge is -2.20. The number of ether oxygens (including phenoxy) is 1. The van der Waals surface area contributed by atoms with Crippen LogP contribution in [0.15, 0.2) is 66.7 Å². The summed E-state index contributed by atoms with van der Waals surface area (Å²) in [5.74, 6) is -0.660. The van der Waals surface area contributed by atoms with E-state index in [0.29, 0.717) is 5.56 Å². The zero-order valence-electron chi connectivity index (χ0n) is 16.2. The fraction of sp³-hybridized carbons (Fsp3) is 0.292. The molecule has 0 heterocycles. The standard InChI is InChI=1S/C24H21F3O2/c1-3-29-22(28)23(20-10-6-8-16-7-4-5-9-19(16)20)15(2)21(23)17-11-13-18(14-12-17)24(25,26)27/h4-15,21H,3H2,1-2H3. The van der Waals surface area contributed by atoms with E-state index >= 15 is 0 Å². The Bertz CT molecular complexity index is 1050. The van der Waals surface area contributed by atoms with Crippen LogP contribution < -0.4 is 0 Å². The van der Waals surface area contributed by atoms with Crippen molar-refractivity contribution in [1.29, 1.82) is 0 Å². The topological polar surface area (TPSA) is 26.3 Å². The molecule has 1 fully saturated rings. The maximum Gasteiger partial charge on any atom is 0.416 e. The fourth-order valence-electron chi connectivity index (χ4n) is 4.66. The fourth-order valence-corrected chi connectivity index (χ4v) is 4.66. The Morgan fingerprint density at radius 3 is 2.31 bits per heavy atom. The molecule has 0 saturated heterocycles. The molecule has 0 radical (unpaired) electrons. The van der Waals surface area contributed by atoms with Gasteiger partial charge in [-0.1, -0.05) is 61.5 Å². The van der Waals surface area contributed by atoms with Gasteiger partial charge in [-0.25, -0.2) is 0 Å². The number of esters is 1. The Balaban J connectivity index is 1.85. The maximum atomic E-state index is 13.2. The molecule has 3 aromatic rings. The van der Waals surface area contributed by atoms with Crippen LogP contribution in [0.5, 0.6) is 0 Å². The predicted molar refractivity (Wildman–Crippen MR) is 106 cm³/mol. The molecule has 4 rings (SSSR count). The summed E-state index contributed by atoms with van der Waals surface area (Å²) in [7, 11) is 0. The number of hydrogen-bond acceptors (Lipinski definition) is 2. The van der Waals surface area contributed by atoms with Gasteiger partial charge in [0.15, 0.2) is 0 Å². The molecule has 0 amide bonds. The lowest BCUT2D eigenvalue weighted by Crippen LogP contribution is -2.27. The summed E-state index contributed by atoms with van der Waals surface area (Å²) in [5.41, 5.74) is -0.0178. The van der Waals surface area contributed by atoms with E-state index in [1.165, 1.54) is 12.1 Å². The molecule has 0 bridgehead atoms. The number of carbonyl (C=O) groups is 1. The van der Waals surface area contributed by atoms with E-state index in [-0.39, 0.29) is 24.4 Å². The third-order valence-electron chi connectivity index (χ3n) is 6.05. The van der Waals surface area contributed by atoms with E-state index in [1.807, 2.05) is 49.4 Å². The second-order valence-electron chi connectivity index (χ2n) is 7.50. The summed E-state index contributed by atoms with van der Waals surface area (Å²) in [5, 5.41) is 1.98. The first-order valence-corrected chi connectivity index (χ1v) is 9.64. The van der Waals surface area contributed by atoms with Gasteiger partial charge >= 0.3 is 12.1 Å². The van der Waals surface area contributed by atoms with Gasteiger partial charge in [0.1, 0.15) is 5.41 Å². The first kappa shape index (κ1) is 19.5. The third-order valence-corrected chi connectivity index (χ3v) is 6.05. The molecular weight excluding hydrogens is 377 g/mol. The minimum Gasteiger partial charge on any atom is -0.465 e. The number of halogens is 3. The molecule has 1 aliphatic carbocycles. The average molecular weight is 398 g/mol. The highest BCUT2D eigenvalue weighted by Gasteiger charge is 2.69. The summed E-state index contributed by atoms with van der Waals surface area (Å²) in [6, 6.07) is 18.8. The van der Waals surface area contributed by atoms with E-state index in [2.05, 4.69) is 0 Å². The lowest BCUT2D eigenvalue weighted by molar-refractivity contribution is -0.146. The third kappa shape index (κ3) is 3.00. The Kier molecular flexibility index (Phi) is 4.64. The van der Waals surface area contributed by atoms with Crippen LogP contribution in [-0.4, -0.2) is 12.6 Å². The molecule has 0 N–H and O–H groups in total. The number of carbonyl (C=O) groups excluding carboxylic acids is 1. The van der Waals surface area contributed by atoms with E-state index < -0.39 is 17.2 Å². The van der Waals surface area contributed by atoms with Crippen molar-refractivity contribution in [3.63, 3.8) is 0 Å². The van der Waals surface area contributed by atoms with E-state index in [4.69, 9.17) is 4.74 Å². The van der Waals surface area contributed by atoms with Crippen LogP contribution in [0.3, 0.4) is 0 Å². The van der Waals surface area contributed by atoms with Crippen LogP contribution >= 0.6 is 0 Å². The summed E-state index contributed by atoms with van der Waals surface area (Å²) in [6.07, 6.45) is -4.39. The average Bonchev–Trinajstić information content (AvgIpc) is 3.33. The largest absolute Gasteiger partial charge is 0.465 e. The van der Waals surface area contributed by atoms with Gasteiger partial charge in [0.25, 0.3) is 0 Å². The van der Waals surface area contributed by atoms with E-state index in [0.717, 1.165) is 28.5 Å². The van der Waals surface area contributed by atoms with Gasteiger partial charge in [-0.05, 0) is 46.9 Å². The van der Waals surface area contributed by atoms with Crippen LogP contribution in [-0.2, 0) is 21.1 Å². The van der Waals surface area contributed by atoms with Gasteiger partial charge in [0, 0.05) is 5.92 Å². The van der Waals surface area contributed by atoms with Gasteiger partial charge in [-0.15, -0.1) is 0 Å². The first-order chi connectivity index (χ1) is 13.8. The Morgan fingerprint density at radius 2 is 1.66 bits per heavy atom. The molecule has 5 heteroatoms. The Morgan fingerprint density at radius 1 is 1.00 bits per heavy atom. The molecule has 3 unspecified atom stereocenters. The monoisotopic (exact) mass is 398 g/mol. The zero-order valence-corrected chi connectivity index (χ0v) is 16.2. The van der Waals surface area contributed by atoms with Gasteiger partial charge in [-0.2, -0.15) is 13.2 Å². The highest BCUT2D eigenvalue weighted by atomic mass is 19.4. The normalized spacial score (nSPS) is 23.8. The molecule has 0 spiro atoms. The van der Waals surface area contributed by atoms with E-state index in [1.54, 1.807) is 6.92 Å². The van der Waals surface area contributed by atoms with Crippen molar-refractivity contribution in [2.75, 3.05) is 6.61 Å². The second-order valence-corrected chi connectivity index (χ2v) is 7.50. The molecule has 1 aliphatic rings. The summed E-state index contributed by atoms with van der Waals surface area (Å²) < 4.78 is 44.3. The molecule has 150 valence electrons. The van der Waals surface area contributed by atoms with Crippen molar-refractivity contribution in [1.82, 2.24) is 0 Å². The van der Waals surface area contributed by atoms with Crippen LogP contribution in [0, 0.1) is 5.92 Å². The van der Waals surface area contributed by atoms with Crippen molar-refractivity contribution >= 4 is 16.7 Å². The number of alkyl halides is 3. The van der Waals surface area contributed by atoms with Crippen molar-refractivity contribution in [2.45, 2.75) is 31.4 Å².